The number of carbonyl (C=O) groups is 2. The molecular weight excluding hydrogens is 324 g/mol. The molecule has 0 bridgehead atoms. The quantitative estimate of drug-likeness (QED) is 0.553. The van der Waals surface area contributed by atoms with Gasteiger partial charge in [0.15, 0.2) is 6.29 Å². The van der Waals surface area contributed by atoms with Crippen molar-refractivity contribution in [1.82, 2.24) is 4.57 Å². The zero-order valence-electron chi connectivity index (χ0n) is 14.4. The van der Waals surface area contributed by atoms with Crippen LogP contribution < -0.4 is 5.32 Å². The lowest BCUT2D eigenvalue weighted by Gasteiger charge is -2.10. The van der Waals surface area contributed by atoms with Gasteiger partial charge in [0.2, 0.25) is 5.91 Å². The highest BCUT2D eigenvalue weighted by Gasteiger charge is 2.15. The van der Waals surface area contributed by atoms with E-state index in [1.54, 1.807) is 0 Å². The summed E-state index contributed by atoms with van der Waals surface area (Å²) < 4.78 is 1.88. The molecule has 0 aliphatic heterocycles. The Hall–Kier alpha value is -3.40. The van der Waals surface area contributed by atoms with Gasteiger partial charge in [-0.25, -0.2) is 0 Å². The van der Waals surface area contributed by atoms with Crippen molar-refractivity contribution >= 4 is 39.6 Å². The normalized spacial score (nSPS) is 11.0. The molecule has 0 saturated heterocycles. The Kier molecular flexibility index (Phi) is 4.01. The van der Waals surface area contributed by atoms with Crippen LogP contribution in [0.25, 0.3) is 21.7 Å². The largest absolute Gasteiger partial charge is 0.335 e. The number of anilines is 1. The van der Waals surface area contributed by atoms with E-state index in [4.69, 9.17) is 0 Å². The fraction of sp³-hybridized carbons (Fsp3) is 0.0909. The van der Waals surface area contributed by atoms with Crippen LogP contribution >= 0.6 is 0 Å². The molecule has 4 heteroatoms. The summed E-state index contributed by atoms with van der Waals surface area (Å²) in [6, 6.07) is 21.5. The Morgan fingerprint density at radius 2 is 1.73 bits per heavy atom. The second-order valence-corrected chi connectivity index (χ2v) is 6.33. The van der Waals surface area contributed by atoms with Gasteiger partial charge in [-0.2, -0.15) is 0 Å². The van der Waals surface area contributed by atoms with E-state index in [-0.39, 0.29) is 12.5 Å². The van der Waals surface area contributed by atoms with Gasteiger partial charge in [-0.3, -0.25) is 9.59 Å². The molecule has 128 valence electrons. The molecular formula is C22H18N2O2. The SMILES string of the molecule is Cc1c(C=O)c2ccccc2n1CC(=O)Nc1ccc2ccccc2c1. The first kappa shape index (κ1) is 16.1. The third kappa shape index (κ3) is 2.75. The highest BCUT2D eigenvalue weighted by atomic mass is 16.2. The number of amides is 1. The van der Waals surface area contributed by atoms with E-state index in [0.717, 1.165) is 39.3 Å². The molecule has 1 aromatic heterocycles. The van der Waals surface area contributed by atoms with Crippen LogP contribution in [0.1, 0.15) is 16.1 Å². The zero-order chi connectivity index (χ0) is 18.1. The van der Waals surface area contributed by atoms with Crippen LogP contribution in [0.15, 0.2) is 66.7 Å². The fourth-order valence-corrected chi connectivity index (χ4v) is 3.42. The maximum atomic E-state index is 12.6. The number of rotatable bonds is 4. The predicted molar refractivity (Wildman–Crippen MR) is 105 cm³/mol. The van der Waals surface area contributed by atoms with Crippen LogP contribution in [0, 0.1) is 6.92 Å². The van der Waals surface area contributed by atoms with E-state index in [0.29, 0.717) is 5.56 Å². The van der Waals surface area contributed by atoms with Gasteiger partial charge in [0.25, 0.3) is 0 Å². The summed E-state index contributed by atoms with van der Waals surface area (Å²) in [6.07, 6.45) is 0.857. The van der Waals surface area contributed by atoms with Crippen LogP contribution in [0.2, 0.25) is 0 Å². The lowest BCUT2D eigenvalue weighted by molar-refractivity contribution is -0.116. The molecule has 4 rings (SSSR count). The highest BCUT2D eigenvalue weighted by Crippen LogP contribution is 2.25. The van der Waals surface area contributed by atoms with Gasteiger partial charge in [0, 0.05) is 27.8 Å². The third-order valence-electron chi connectivity index (χ3n) is 4.73. The molecule has 0 aliphatic carbocycles. The standard InChI is InChI=1S/C22H18N2O2/c1-15-20(14-25)19-8-4-5-9-21(19)24(15)13-22(26)23-18-11-10-16-6-2-3-7-17(16)12-18/h2-12,14H,13H2,1H3,(H,23,26). The molecule has 1 heterocycles. The second-order valence-electron chi connectivity index (χ2n) is 6.33. The van der Waals surface area contributed by atoms with E-state index >= 15 is 0 Å². The van der Waals surface area contributed by atoms with Gasteiger partial charge in [-0.05, 0) is 35.9 Å². The van der Waals surface area contributed by atoms with Crippen molar-refractivity contribution in [3.05, 3.63) is 78.0 Å². The number of aromatic nitrogens is 1. The number of hydrogen-bond donors (Lipinski definition) is 1. The molecule has 0 atom stereocenters. The molecule has 0 aliphatic rings. The first-order valence-electron chi connectivity index (χ1n) is 8.49. The van der Waals surface area contributed by atoms with Gasteiger partial charge in [-0.15, -0.1) is 0 Å². The minimum Gasteiger partial charge on any atom is -0.335 e. The topological polar surface area (TPSA) is 51.1 Å². The minimum atomic E-state index is -0.124. The summed E-state index contributed by atoms with van der Waals surface area (Å²) in [6.45, 7) is 2.03. The van der Waals surface area contributed by atoms with Crippen molar-refractivity contribution in [2.45, 2.75) is 13.5 Å². The highest BCUT2D eigenvalue weighted by molar-refractivity contribution is 6.01. The van der Waals surface area contributed by atoms with Crippen LogP contribution in [-0.4, -0.2) is 16.8 Å². The van der Waals surface area contributed by atoms with Gasteiger partial charge < -0.3 is 9.88 Å². The summed E-state index contributed by atoms with van der Waals surface area (Å²) in [5.74, 6) is -0.124. The summed E-state index contributed by atoms with van der Waals surface area (Å²) in [5, 5.41) is 6.04. The van der Waals surface area contributed by atoms with Gasteiger partial charge >= 0.3 is 0 Å². The summed E-state index contributed by atoms with van der Waals surface area (Å²) in [4.78, 5) is 24.0. The van der Waals surface area contributed by atoms with E-state index in [2.05, 4.69) is 5.32 Å². The molecule has 4 nitrogen and oxygen atoms in total. The molecule has 4 aromatic rings. The molecule has 0 unspecified atom stereocenters. The number of carbonyl (C=O) groups excluding carboxylic acids is 2. The molecule has 0 saturated carbocycles. The number of benzene rings is 3. The Labute approximate surface area is 151 Å². The fourth-order valence-electron chi connectivity index (χ4n) is 3.42. The zero-order valence-corrected chi connectivity index (χ0v) is 14.4. The van der Waals surface area contributed by atoms with E-state index in [9.17, 15) is 9.59 Å². The summed E-state index contributed by atoms with van der Waals surface area (Å²) in [7, 11) is 0. The first-order chi connectivity index (χ1) is 12.7. The maximum Gasteiger partial charge on any atom is 0.244 e. The Morgan fingerprint density at radius 3 is 2.54 bits per heavy atom. The molecule has 0 fully saturated rings. The van der Waals surface area contributed by atoms with Crippen molar-refractivity contribution < 1.29 is 9.59 Å². The van der Waals surface area contributed by atoms with Gasteiger partial charge in [-0.1, -0.05) is 48.5 Å². The van der Waals surface area contributed by atoms with Crippen molar-refractivity contribution in [2.75, 3.05) is 5.32 Å². The lowest BCUT2D eigenvalue weighted by atomic mass is 10.1. The number of aldehydes is 1. The van der Waals surface area contributed by atoms with Crippen LogP contribution in [0.3, 0.4) is 0 Å². The Bertz CT molecular complexity index is 1140. The molecule has 0 spiro atoms. The van der Waals surface area contributed by atoms with Crippen molar-refractivity contribution in [3.8, 4) is 0 Å². The smallest absolute Gasteiger partial charge is 0.244 e. The molecule has 0 radical (unpaired) electrons. The van der Waals surface area contributed by atoms with E-state index in [1.165, 1.54) is 0 Å². The summed E-state index contributed by atoms with van der Waals surface area (Å²) >= 11 is 0. The number of nitrogens with one attached hydrogen (secondary N) is 1. The van der Waals surface area contributed by atoms with Crippen molar-refractivity contribution in [3.63, 3.8) is 0 Å². The number of nitrogens with zero attached hydrogens (tertiary/aromatic N) is 1. The second kappa shape index (κ2) is 6.48. The van der Waals surface area contributed by atoms with Gasteiger partial charge in [0.1, 0.15) is 6.54 Å². The number of fused-ring (bicyclic) bond motifs is 2. The average molecular weight is 342 g/mol. The van der Waals surface area contributed by atoms with Gasteiger partial charge in [0.05, 0.1) is 0 Å². The van der Waals surface area contributed by atoms with E-state index in [1.807, 2.05) is 78.2 Å². The molecule has 1 amide bonds. The Balaban J connectivity index is 1.63. The first-order valence-corrected chi connectivity index (χ1v) is 8.49. The lowest BCUT2D eigenvalue weighted by Crippen LogP contribution is -2.19. The van der Waals surface area contributed by atoms with Crippen LogP contribution in [0.4, 0.5) is 5.69 Å². The number of para-hydroxylation sites is 1. The minimum absolute atomic E-state index is 0.124. The molecule has 26 heavy (non-hydrogen) atoms. The monoisotopic (exact) mass is 342 g/mol. The third-order valence-corrected chi connectivity index (χ3v) is 4.73. The van der Waals surface area contributed by atoms with Crippen LogP contribution in [0.5, 0.6) is 0 Å². The Morgan fingerprint density at radius 1 is 1.00 bits per heavy atom. The number of hydrogen-bond acceptors (Lipinski definition) is 2. The predicted octanol–water partition coefficient (Wildman–Crippen LogP) is 4.55. The van der Waals surface area contributed by atoms with E-state index < -0.39 is 0 Å². The summed E-state index contributed by atoms with van der Waals surface area (Å²) in [5.41, 5.74) is 3.09. The van der Waals surface area contributed by atoms with Crippen LogP contribution in [-0.2, 0) is 11.3 Å². The van der Waals surface area contributed by atoms with Crippen molar-refractivity contribution in [1.29, 1.82) is 0 Å². The average Bonchev–Trinajstić information content (AvgIpc) is 2.93. The van der Waals surface area contributed by atoms with Crippen molar-refractivity contribution in [2.24, 2.45) is 0 Å². The molecule has 3 aromatic carbocycles. The molecule has 1 N–H and O–H groups in total. The maximum absolute atomic E-state index is 12.6.